The van der Waals surface area contributed by atoms with Gasteiger partial charge in [0.05, 0.1) is 12.3 Å². The minimum absolute atomic E-state index is 0.387. The van der Waals surface area contributed by atoms with E-state index in [1.165, 1.54) is 11.1 Å². The van der Waals surface area contributed by atoms with Crippen molar-refractivity contribution < 1.29 is 4.74 Å². The van der Waals surface area contributed by atoms with Gasteiger partial charge in [-0.1, -0.05) is 41.0 Å². The summed E-state index contributed by atoms with van der Waals surface area (Å²) in [5.74, 6) is 2.02. The van der Waals surface area contributed by atoms with Crippen LogP contribution in [0.3, 0.4) is 0 Å². The number of rotatable bonds is 4. The minimum atomic E-state index is 0.387. The molecule has 1 aliphatic heterocycles. The summed E-state index contributed by atoms with van der Waals surface area (Å²) in [6, 6.07) is 16.3. The second kappa shape index (κ2) is 6.31. The molecule has 122 valence electrons. The summed E-state index contributed by atoms with van der Waals surface area (Å²) < 4.78 is 7.45. The van der Waals surface area contributed by atoms with Crippen LogP contribution in [-0.2, 0) is 0 Å². The molecule has 0 spiro atoms. The fourth-order valence-electron chi connectivity index (χ4n) is 3.00. The normalized spacial score (nSPS) is 16.3. The van der Waals surface area contributed by atoms with Crippen molar-refractivity contribution in [2.75, 3.05) is 18.5 Å². The third-order valence-electron chi connectivity index (χ3n) is 4.34. The number of anilines is 1. The van der Waals surface area contributed by atoms with Crippen LogP contribution in [0, 0.1) is 6.92 Å². The van der Waals surface area contributed by atoms with Gasteiger partial charge in [-0.15, -0.1) is 0 Å². The van der Waals surface area contributed by atoms with Crippen LogP contribution in [0.4, 0.5) is 5.95 Å². The molecular formula is C18H19N5O. The Morgan fingerprint density at radius 1 is 1.17 bits per heavy atom. The molecular weight excluding hydrogens is 302 g/mol. The molecule has 1 aliphatic rings. The summed E-state index contributed by atoms with van der Waals surface area (Å²) in [4.78, 5) is 0. The molecule has 0 fully saturated rings. The topological polar surface area (TPSA) is 64.9 Å². The quantitative estimate of drug-likeness (QED) is 0.800. The van der Waals surface area contributed by atoms with Crippen molar-refractivity contribution in [3.8, 4) is 11.4 Å². The van der Waals surface area contributed by atoms with Gasteiger partial charge in [0, 0.05) is 12.5 Å². The van der Waals surface area contributed by atoms with E-state index >= 15 is 0 Å². The molecule has 0 saturated carbocycles. The highest BCUT2D eigenvalue weighted by Crippen LogP contribution is 2.33. The van der Waals surface area contributed by atoms with Crippen LogP contribution in [-0.4, -0.2) is 33.4 Å². The lowest BCUT2D eigenvalue weighted by Crippen LogP contribution is -2.21. The van der Waals surface area contributed by atoms with Gasteiger partial charge >= 0.3 is 0 Å². The zero-order valence-electron chi connectivity index (χ0n) is 13.5. The predicted molar refractivity (Wildman–Crippen MR) is 91.7 cm³/mol. The lowest BCUT2D eigenvalue weighted by atomic mass is 9.93. The molecule has 6 nitrogen and oxygen atoms in total. The summed E-state index contributed by atoms with van der Waals surface area (Å²) in [6.07, 6.45) is 0.982. The van der Waals surface area contributed by atoms with Crippen LogP contribution >= 0.6 is 0 Å². The molecule has 2 heterocycles. The lowest BCUT2D eigenvalue weighted by Gasteiger charge is -2.26. The van der Waals surface area contributed by atoms with Gasteiger partial charge in [0.15, 0.2) is 0 Å². The van der Waals surface area contributed by atoms with E-state index in [0.717, 1.165) is 31.0 Å². The highest BCUT2D eigenvalue weighted by molar-refractivity contribution is 5.42. The number of hydrogen-bond acceptors (Lipinski definition) is 5. The van der Waals surface area contributed by atoms with E-state index in [0.29, 0.717) is 11.9 Å². The van der Waals surface area contributed by atoms with E-state index in [1.54, 1.807) is 4.68 Å². The van der Waals surface area contributed by atoms with E-state index in [9.17, 15) is 0 Å². The van der Waals surface area contributed by atoms with E-state index < -0.39 is 0 Å². The third-order valence-corrected chi connectivity index (χ3v) is 4.34. The molecule has 6 heteroatoms. The van der Waals surface area contributed by atoms with Crippen molar-refractivity contribution in [3.63, 3.8) is 0 Å². The molecule has 1 N–H and O–H groups in total. The van der Waals surface area contributed by atoms with Crippen molar-refractivity contribution in [1.82, 2.24) is 20.2 Å². The molecule has 0 saturated heterocycles. The number of ether oxygens (including phenoxy) is 1. The Morgan fingerprint density at radius 2 is 2.00 bits per heavy atom. The smallest absolute Gasteiger partial charge is 0.247 e. The number of para-hydroxylation sites is 1. The largest absolute Gasteiger partial charge is 0.493 e. The second-order valence-corrected chi connectivity index (χ2v) is 6.00. The monoisotopic (exact) mass is 321 g/mol. The maximum absolute atomic E-state index is 5.72. The highest BCUT2D eigenvalue weighted by atomic mass is 16.5. The average Bonchev–Trinajstić information content (AvgIpc) is 3.09. The molecule has 1 atom stereocenters. The Kier molecular flexibility index (Phi) is 3.86. The zero-order valence-corrected chi connectivity index (χ0v) is 13.5. The van der Waals surface area contributed by atoms with Gasteiger partial charge in [-0.05, 0) is 47.5 Å². The summed E-state index contributed by atoms with van der Waals surface area (Å²) in [7, 11) is 0. The number of nitrogens with zero attached hydrogens (tertiary/aromatic N) is 4. The molecule has 24 heavy (non-hydrogen) atoms. The number of benzene rings is 2. The first-order valence-corrected chi connectivity index (χ1v) is 8.12. The molecule has 0 aliphatic carbocycles. The molecule has 0 amide bonds. The van der Waals surface area contributed by atoms with Gasteiger partial charge in [-0.3, -0.25) is 0 Å². The predicted octanol–water partition coefficient (Wildman–Crippen LogP) is 2.95. The summed E-state index contributed by atoms with van der Waals surface area (Å²) in [5.41, 5.74) is 3.39. The van der Waals surface area contributed by atoms with E-state index in [2.05, 4.69) is 52.0 Å². The number of nitrogens with one attached hydrogen (secondary N) is 1. The van der Waals surface area contributed by atoms with Crippen LogP contribution in [0.1, 0.15) is 23.5 Å². The fourth-order valence-corrected chi connectivity index (χ4v) is 3.00. The molecule has 0 radical (unpaired) electrons. The standard InChI is InChI=1S/C18H19N5O/c1-13-6-8-15(9-7-13)23-18(20-21-22-23)19-12-14-10-11-24-17-5-3-2-4-16(14)17/h2-9,14H,10-12H2,1H3,(H,19,20,22). The first-order chi connectivity index (χ1) is 11.8. The Bertz CT molecular complexity index is 827. The summed E-state index contributed by atoms with van der Waals surface area (Å²) in [5, 5.41) is 15.4. The van der Waals surface area contributed by atoms with Crippen LogP contribution < -0.4 is 10.1 Å². The Labute approximate surface area is 140 Å². The SMILES string of the molecule is Cc1ccc(-n2nnnc2NCC2CCOc3ccccc32)cc1. The van der Waals surface area contributed by atoms with Crippen molar-refractivity contribution in [1.29, 1.82) is 0 Å². The van der Waals surface area contributed by atoms with Gasteiger partial charge < -0.3 is 10.1 Å². The van der Waals surface area contributed by atoms with Gasteiger partial charge in [0.25, 0.3) is 0 Å². The Morgan fingerprint density at radius 3 is 2.88 bits per heavy atom. The van der Waals surface area contributed by atoms with E-state index in [4.69, 9.17) is 4.74 Å². The van der Waals surface area contributed by atoms with Crippen LogP contribution in [0.2, 0.25) is 0 Å². The molecule has 0 bridgehead atoms. The Hall–Kier alpha value is -2.89. The summed E-state index contributed by atoms with van der Waals surface area (Å²) >= 11 is 0. The number of tetrazole rings is 1. The lowest BCUT2D eigenvalue weighted by molar-refractivity contribution is 0.270. The van der Waals surface area contributed by atoms with Gasteiger partial charge in [-0.25, -0.2) is 0 Å². The third kappa shape index (κ3) is 2.82. The second-order valence-electron chi connectivity index (χ2n) is 6.00. The Balaban J connectivity index is 1.52. The van der Waals surface area contributed by atoms with Crippen molar-refractivity contribution in [2.45, 2.75) is 19.3 Å². The van der Waals surface area contributed by atoms with E-state index in [-0.39, 0.29) is 0 Å². The average molecular weight is 321 g/mol. The maximum atomic E-state index is 5.72. The molecule has 4 rings (SSSR count). The fraction of sp³-hybridized carbons (Fsp3) is 0.278. The van der Waals surface area contributed by atoms with Crippen LogP contribution in [0.5, 0.6) is 5.75 Å². The first kappa shape index (κ1) is 14.7. The summed E-state index contributed by atoms with van der Waals surface area (Å²) in [6.45, 7) is 3.57. The number of hydrogen-bond donors (Lipinski definition) is 1. The van der Waals surface area contributed by atoms with Crippen molar-refractivity contribution in [2.24, 2.45) is 0 Å². The van der Waals surface area contributed by atoms with Gasteiger partial charge in [0.2, 0.25) is 5.95 Å². The first-order valence-electron chi connectivity index (χ1n) is 8.12. The van der Waals surface area contributed by atoms with Crippen molar-refractivity contribution in [3.05, 3.63) is 59.7 Å². The highest BCUT2D eigenvalue weighted by Gasteiger charge is 2.21. The van der Waals surface area contributed by atoms with Crippen LogP contribution in [0.15, 0.2) is 48.5 Å². The van der Waals surface area contributed by atoms with E-state index in [1.807, 2.05) is 24.3 Å². The van der Waals surface area contributed by atoms with Gasteiger partial charge in [0.1, 0.15) is 5.75 Å². The van der Waals surface area contributed by atoms with Crippen LogP contribution in [0.25, 0.3) is 5.69 Å². The number of fused-ring (bicyclic) bond motifs is 1. The van der Waals surface area contributed by atoms with Crippen molar-refractivity contribution >= 4 is 5.95 Å². The zero-order chi connectivity index (χ0) is 16.4. The molecule has 1 aromatic heterocycles. The number of aryl methyl sites for hydroxylation is 1. The molecule has 1 unspecified atom stereocenters. The van der Waals surface area contributed by atoms with Gasteiger partial charge in [-0.2, -0.15) is 4.68 Å². The molecule has 3 aromatic rings. The molecule has 2 aromatic carbocycles. The minimum Gasteiger partial charge on any atom is -0.493 e. The maximum Gasteiger partial charge on any atom is 0.247 e. The number of aromatic nitrogens is 4.